The van der Waals surface area contributed by atoms with Gasteiger partial charge in [0.2, 0.25) is 0 Å². The van der Waals surface area contributed by atoms with E-state index in [0.717, 1.165) is 10.4 Å². The van der Waals surface area contributed by atoms with Crippen LogP contribution in [0.1, 0.15) is 58.0 Å². The van der Waals surface area contributed by atoms with Crippen LogP contribution in [-0.2, 0) is 4.74 Å². The van der Waals surface area contributed by atoms with Crippen LogP contribution in [0.5, 0.6) is 0 Å². The molecule has 0 aliphatic rings. The summed E-state index contributed by atoms with van der Waals surface area (Å²) >= 11 is 1.37. The molecule has 3 rings (SSSR count). The van der Waals surface area contributed by atoms with Gasteiger partial charge in [0, 0.05) is 10.4 Å². The Balaban J connectivity index is 1.96. The van der Waals surface area contributed by atoms with Crippen molar-refractivity contribution >= 4 is 28.2 Å². The largest absolute Gasteiger partial charge is 0.462 e. The second-order valence-corrected chi connectivity index (χ2v) is 7.63. The first-order valence-electron chi connectivity index (χ1n) is 9.06. The first-order valence-corrected chi connectivity index (χ1v) is 9.87. The standard InChI is InChI=1S/C21H22N2O4S/c1-5-26-21(25)15-11-16(12(2)3)28-20(15)22-19(24)17-13(4)27-23-18(17)14-9-7-6-8-10-14/h6-12H,5H2,1-4H3,(H,22,24). The second kappa shape index (κ2) is 8.39. The van der Waals surface area contributed by atoms with Crippen molar-refractivity contribution in [3.8, 4) is 11.3 Å². The van der Waals surface area contributed by atoms with Gasteiger partial charge in [-0.3, -0.25) is 4.79 Å². The van der Waals surface area contributed by atoms with Crippen molar-refractivity contribution in [3.63, 3.8) is 0 Å². The van der Waals surface area contributed by atoms with Crippen LogP contribution in [-0.4, -0.2) is 23.6 Å². The molecule has 1 N–H and O–H groups in total. The molecule has 28 heavy (non-hydrogen) atoms. The van der Waals surface area contributed by atoms with E-state index in [1.165, 1.54) is 11.3 Å². The van der Waals surface area contributed by atoms with E-state index in [-0.39, 0.29) is 18.4 Å². The Hall–Kier alpha value is -2.93. The number of carbonyl (C=O) groups is 2. The van der Waals surface area contributed by atoms with Gasteiger partial charge < -0.3 is 14.6 Å². The maximum atomic E-state index is 13.0. The molecule has 2 heterocycles. The number of hydrogen-bond acceptors (Lipinski definition) is 6. The number of anilines is 1. The van der Waals surface area contributed by atoms with Crippen LogP contribution in [0.2, 0.25) is 0 Å². The molecule has 0 spiro atoms. The van der Waals surface area contributed by atoms with Gasteiger partial charge in [-0.2, -0.15) is 0 Å². The third-order valence-electron chi connectivity index (χ3n) is 4.18. The second-order valence-electron chi connectivity index (χ2n) is 6.55. The third-order valence-corrected chi connectivity index (χ3v) is 5.53. The molecule has 146 valence electrons. The molecule has 1 aromatic carbocycles. The van der Waals surface area contributed by atoms with Crippen molar-refractivity contribution in [2.45, 2.75) is 33.6 Å². The highest BCUT2D eigenvalue weighted by Gasteiger charge is 2.25. The Morgan fingerprint density at radius 3 is 2.61 bits per heavy atom. The summed E-state index contributed by atoms with van der Waals surface area (Å²) in [4.78, 5) is 26.4. The predicted octanol–water partition coefficient (Wildman–Crippen LogP) is 5.26. The number of benzene rings is 1. The Morgan fingerprint density at radius 1 is 1.25 bits per heavy atom. The molecule has 0 saturated heterocycles. The average molecular weight is 398 g/mol. The molecule has 0 saturated carbocycles. The summed E-state index contributed by atoms with van der Waals surface area (Å²) in [5, 5.41) is 7.37. The number of thiophene rings is 1. The van der Waals surface area contributed by atoms with Crippen molar-refractivity contribution in [1.82, 2.24) is 5.16 Å². The molecule has 6 nitrogen and oxygen atoms in total. The Kier molecular flexibility index (Phi) is 5.94. The van der Waals surface area contributed by atoms with Crippen LogP contribution in [0.25, 0.3) is 11.3 Å². The highest BCUT2D eigenvalue weighted by molar-refractivity contribution is 7.16. The minimum absolute atomic E-state index is 0.223. The first-order chi connectivity index (χ1) is 13.4. The zero-order valence-electron chi connectivity index (χ0n) is 16.2. The summed E-state index contributed by atoms with van der Waals surface area (Å²) < 4.78 is 10.4. The van der Waals surface area contributed by atoms with Gasteiger partial charge in [0.05, 0.1) is 12.2 Å². The van der Waals surface area contributed by atoms with Gasteiger partial charge >= 0.3 is 5.97 Å². The lowest BCUT2D eigenvalue weighted by Gasteiger charge is -2.07. The number of aryl methyl sites for hydroxylation is 1. The number of rotatable bonds is 6. The van der Waals surface area contributed by atoms with Crippen molar-refractivity contribution in [1.29, 1.82) is 0 Å². The highest BCUT2D eigenvalue weighted by Crippen LogP contribution is 2.34. The van der Waals surface area contributed by atoms with Crippen LogP contribution >= 0.6 is 11.3 Å². The van der Waals surface area contributed by atoms with E-state index in [9.17, 15) is 9.59 Å². The number of nitrogens with zero attached hydrogens (tertiary/aromatic N) is 1. The lowest BCUT2D eigenvalue weighted by Crippen LogP contribution is -2.15. The van der Waals surface area contributed by atoms with E-state index in [1.807, 2.05) is 44.2 Å². The summed E-state index contributed by atoms with van der Waals surface area (Å²) in [5.41, 5.74) is 1.96. The van der Waals surface area contributed by atoms with Crippen molar-refractivity contribution < 1.29 is 18.8 Å². The first kappa shape index (κ1) is 19.8. The summed E-state index contributed by atoms with van der Waals surface area (Å²) in [6.07, 6.45) is 0. The maximum Gasteiger partial charge on any atom is 0.341 e. The number of ether oxygens (including phenoxy) is 1. The number of aromatic nitrogens is 1. The van der Waals surface area contributed by atoms with Gasteiger partial charge in [-0.25, -0.2) is 4.79 Å². The molecule has 1 amide bonds. The quantitative estimate of drug-likeness (QED) is 0.573. The fourth-order valence-electron chi connectivity index (χ4n) is 2.75. The molecule has 0 aliphatic carbocycles. The maximum absolute atomic E-state index is 13.0. The number of carbonyl (C=O) groups excluding carboxylic acids is 2. The number of esters is 1. The Bertz CT molecular complexity index is 989. The monoisotopic (exact) mass is 398 g/mol. The third kappa shape index (κ3) is 3.99. The molecule has 0 aliphatic heterocycles. The van der Waals surface area contributed by atoms with Gasteiger partial charge in [0.15, 0.2) is 0 Å². The van der Waals surface area contributed by atoms with E-state index in [4.69, 9.17) is 9.26 Å². The topological polar surface area (TPSA) is 81.4 Å². The normalized spacial score (nSPS) is 10.9. The zero-order chi connectivity index (χ0) is 20.3. The van der Waals surface area contributed by atoms with Crippen LogP contribution in [0.15, 0.2) is 40.9 Å². The molecule has 0 radical (unpaired) electrons. The van der Waals surface area contributed by atoms with Crippen molar-refractivity contribution in [2.24, 2.45) is 0 Å². The molecule has 0 atom stereocenters. The summed E-state index contributed by atoms with van der Waals surface area (Å²) in [7, 11) is 0. The summed E-state index contributed by atoms with van der Waals surface area (Å²) in [6, 6.07) is 11.1. The number of nitrogens with one attached hydrogen (secondary N) is 1. The van der Waals surface area contributed by atoms with Gasteiger partial charge in [-0.1, -0.05) is 49.3 Å². The lowest BCUT2D eigenvalue weighted by molar-refractivity contribution is 0.0528. The molecule has 2 aromatic heterocycles. The van der Waals surface area contributed by atoms with Crippen LogP contribution in [0.3, 0.4) is 0 Å². The van der Waals surface area contributed by atoms with E-state index in [2.05, 4.69) is 10.5 Å². The van der Waals surface area contributed by atoms with Gasteiger partial charge in [0.1, 0.15) is 22.0 Å². The SMILES string of the molecule is CCOC(=O)c1cc(C(C)C)sc1NC(=O)c1c(-c2ccccc2)noc1C. The highest BCUT2D eigenvalue weighted by atomic mass is 32.1. The molecular weight excluding hydrogens is 376 g/mol. The Labute approximate surface area is 167 Å². The fraction of sp³-hybridized carbons (Fsp3) is 0.286. The Morgan fingerprint density at radius 2 is 1.96 bits per heavy atom. The predicted molar refractivity (Wildman–Crippen MR) is 109 cm³/mol. The number of amides is 1. The van der Waals surface area contributed by atoms with E-state index >= 15 is 0 Å². The molecule has 0 unspecified atom stereocenters. The van der Waals surface area contributed by atoms with E-state index in [1.54, 1.807) is 19.9 Å². The summed E-state index contributed by atoms with van der Waals surface area (Å²) in [6.45, 7) is 7.77. The van der Waals surface area contributed by atoms with Crippen LogP contribution in [0, 0.1) is 6.92 Å². The van der Waals surface area contributed by atoms with E-state index in [0.29, 0.717) is 27.6 Å². The van der Waals surface area contributed by atoms with Gasteiger partial charge in [-0.05, 0) is 25.8 Å². The molecule has 0 fully saturated rings. The van der Waals surface area contributed by atoms with Crippen LogP contribution in [0.4, 0.5) is 5.00 Å². The molecule has 3 aromatic rings. The minimum atomic E-state index is -0.453. The smallest absolute Gasteiger partial charge is 0.341 e. The van der Waals surface area contributed by atoms with Crippen molar-refractivity contribution in [2.75, 3.05) is 11.9 Å². The summed E-state index contributed by atoms with van der Waals surface area (Å²) in [5.74, 6) is -0.192. The molecular formula is C21H22N2O4S. The van der Waals surface area contributed by atoms with Gasteiger partial charge in [0.25, 0.3) is 5.91 Å². The fourth-order valence-corrected chi connectivity index (χ4v) is 3.79. The molecule has 0 bridgehead atoms. The average Bonchev–Trinajstić information content (AvgIpc) is 3.26. The minimum Gasteiger partial charge on any atom is -0.462 e. The van der Waals surface area contributed by atoms with Gasteiger partial charge in [-0.15, -0.1) is 11.3 Å². The van der Waals surface area contributed by atoms with Crippen LogP contribution < -0.4 is 5.32 Å². The number of hydrogen-bond donors (Lipinski definition) is 1. The van der Waals surface area contributed by atoms with E-state index < -0.39 is 5.97 Å². The lowest BCUT2D eigenvalue weighted by atomic mass is 10.1. The zero-order valence-corrected chi connectivity index (χ0v) is 17.1. The van der Waals surface area contributed by atoms with Crippen molar-refractivity contribution in [3.05, 3.63) is 58.2 Å². The molecule has 7 heteroatoms.